The zero-order valence-electron chi connectivity index (χ0n) is 14.1. The number of hydrogen-bond acceptors (Lipinski definition) is 4. The van der Waals surface area contributed by atoms with Gasteiger partial charge in [0.05, 0.1) is 19.6 Å². The third kappa shape index (κ3) is 5.91. The molecular weight excluding hydrogens is 325 g/mol. The van der Waals surface area contributed by atoms with Crippen LogP contribution in [0.3, 0.4) is 0 Å². The van der Waals surface area contributed by atoms with Crippen LogP contribution >= 0.6 is 0 Å². The van der Waals surface area contributed by atoms with Gasteiger partial charge in [-0.25, -0.2) is 4.39 Å². The van der Waals surface area contributed by atoms with E-state index in [1.165, 1.54) is 12.1 Å². The van der Waals surface area contributed by atoms with Crippen LogP contribution in [0.25, 0.3) is 0 Å². The number of halogens is 1. The third-order valence-electron chi connectivity index (χ3n) is 3.59. The molecule has 0 heterocycles. The van der Waals surface area contributed by atoms with Crippen molar-refractivity contribution in [2.24, 2.45) is 0 Å². The first kappa shape index (κ1) is 18.4. The fourth-order valence-electron chi connectivity index (χ4n) is 2.26. The lowest BCUT2D eigenvalue weighted by Crippen LogP contribution is -2.31. The first-order valence-corrected chi connectivity index (χ1v) is 7.81. The number of esters is 1. The van der Waals surface area contributed by atoms with Gasteiger partial charge >= 0.3 is 5.97 Å². The molecule has 0 bridgehead atoms. The highest BCUT2D eigenvalue weighted by Gasteiger charge is 2.12. The van der Waals surface area contributed by atoms with Crippen molar-refractivity contribution in [1.82, 2.24) is 5.32 Å². The monoisotopic (exact) mass is 345 g/mol. The Bertz CT molecular complexity index is 730. The van der Waals surface area contributed by atoms with E-state index in [0.717, 1.165) is 11.1 Å². The van der Waals surface area contributed by atoms with Crippen LogP contribution in [0.15, 0.2) is 48.5 Å². The Morgan fingerprint density at radius 3 is 2.56 bits per heavy atom. The molecule has 0 radical (unpaired) electrons. The molecule has 0 fully saturated rings. The van der Waals surface area contributed by atoms with Gasteiger partial charge in [-0.2, -0.15) is 0 Å². The van der Waals surface area contributed by atoms with E-state index in [2.05, 4.69) is 5.32 Å². The Labute approximate surface area is 145 Å². The molecule has 25 heavy (non-hydrogen) atoms. The molecule has 132 valence electrons. The van der Waals surface area contributed by atoms with Crippen molar-refractivity contribution >= 4 is 11.9 Å². The largest absolute Gasteiger partial charge is 0.497 e. The molecule has 1 atom stereocenters. The molecule has 1 N–H and O–H groups in total. The highest BCUT2D eigenvalue weighted by molar-refractivity contribution is 5.81. The molecule has 0 spiro atoms. The van der Waals surface area contributed by atoms with Crippen LogP contribution in [-0.2, 0) is 20.7 Å². The van der Waals surface area contributed by atoms with Crippen LogP contribution in [0.1, 0.15) is 24.1 Å². The number of carbonyl (C=O) groups excluding carboxylic acids is 2. The van der Waals surface area contributed by atoms with Crippen LogP contribution in [-0.4, -0.2) is 25.6 Å². The van der Waals surface area contributed by atoms with Gasteiger partial charge in [0, 0.05) is 0 Å². The maximum absolute atomic E-state index is 12.9. The Balaban J connectivity index is 1.78. The molecule has 0 aliphatic carbocycles. The number of rotatable bonds is 7. The highest BCUT2D eigenvalue weighted by Crippen LogP contribution is 2.14. The van der Waals surface area contributed by atoms with E-state index in [0.29, 0.717) is 5.75 Å². The van der Waals surface area contributed by atoms with Crippen molar-refractivity contribution in [2.75, 3.05) is 13.7 Å². The van der Waals surface area contributed by atoms with Gasteiger partial charge in [0.15, 0.2) is 6.61 Å². The van der Waals surface area contributed by atoms with E-state index in [1.54, 1.807) is 50.4 Å². The summed E-state index contributed by atoms with van der Waals surface area (Å²) in [5, 5.41) is 2.69. The standard InChI is InChI=1S/C19H20FNO4/c1-13(15-6-8-16(20)9-7-15)21-18(22)12-25-19(23)11-14-4-3-5-17(10-14)24-2/h3-10,13H,11-12H2,1-2H3,(H,21,22)/t13-/m0/s1. The predicted molar refractivity (Wildman–Crippen MR) is 90.6 cm³/mol. The van der Waals surface area contributed by atoms with Crippen LogP contribution in [0.5, 0.6) is 5.75 Å². The Hall–Kier alpha value is -2.89. The quantitative estimate of drug-likeness (QED) is 0.784. The van der Waals surface area contributed by atoms with Gasteiger partial charge in [0.1, 0.15) is 11.6 Å². The molecule has 2 aromatic rings. The van der Waals surface area contributed by atoms with Gasteiger partial charge in [0.2, 0.25) is 0 Å². The van der Waals surface area contributed by atoms with E-state index in [-0.39, 0.29) is 24.9 Å². The summed E-state index contributed by atoms with van der Waals surface area (Å²) < 4.78 is 23.0. The second-order valence-corrected chi connectivity index (χ2v) is 5.53. The summed E-state index contributed by atoms with van der Waals surface area (Å²) in [6.07, 6.45) is 0.0536. The minimum absolute atomic E-state index is 0.0536. The Morgan fingerprint density at radius 2 is 1.88 bits per heavy atom. The first-order chi connectivity index (χ1) is 12.0. The molecule has 5 nitrogen and oxygen atoms in total. The molecule has 0 aliphatic heterocycles. The summed E-state index contributed by atoms with van der Waals surface area (Å²) in [5.74, 6) is -0.612. The molecule has 2 rings (SSSR count). The van der Waals surface area contributed by atoms with E-state index < -0.39 is 11.9 Å². The second kappa shape index (κ2) is 8.82. The number of amides is 1. The number of carbonyl (C=O) groups is 2. The smallest absolute Gasteiger partial charge is 0.310 e. The van der Waals surface area contributed by atoms with Crippen LogP contribution in [0.2, 0.25) is 0 Å². The molecule has 1 amide bonds. The normalized spacial score (nSPS) is 11.5. The fourth-order valence-corrected chi connectivity index (χ4v) is 2.26. The number of benzene rings is 2. The Kier molecular flexibility index (Phi) is 6.51. The highest BCUT2D eigenvalue weighted by atomic mass is 19.1. The van der Waals surface area contributed by atoms with Gasteiger partial charge in [-0.3, -0.25) is 9.59 Å². The summed E-state index contributed by atoms with van der Waals surface area (Å²) in [5.41, 5.74) is 1.50. The van der Waals surface area contributed by atoms with Crippen molar-refractivity contribution in [1.29, 1.82) is 0 Å². The lowest BCUT2D eigenvalue weighted by atomic mass is 10.1. The minimum Gasteiger partial charge on any atom is -0.497 e. The summed E-state index contributed by atoms with van der Waals surface area (Å²) in [4.78, 5) is 23.7. The summed E-state index contributed by atoms with van der Waals surface area (Å²) in [6.45, 7) is 1.40. The zero-order valence-corrected chi connectivity index (χ0v) is 14.1. The summed E-state index contributed by atoms with van der Waals surface area (Å²) in [6, 6.07) is 12.6. The van der Waals surface area contributed by atoms with Crippen molar-refractivity contribution in [3.63, 3.8) is 0 Å². The van der Waals surface area contributed by atoms with E-state index in [9.17, 15) is 14.0 Å². The molecule has 2 aromatic carbocycles. The fraction of sp³-hybridized carbons (Fsp3) is 0.263. The average Bonchev–Trinajstić information content (AvgIpc) is 2.60. The van der Waals surface area contributed by atoms with Crippen LogP contribution in [0.4, 0.5) is 4.39 Å². The van der Waals surface area contributed by atoms with Gasteiger partial charge in [0.25, 0.3) is 5.91 Å². The molecular formula is C19H20FNO4. The molecule has 0 aromatic heterocycles. The summed E-state index contributed by atoms with van der Waals surface area (Å²) >= 11 is 0. The van der Waals surface area contributed by atoms with Crippen molar-refractivity contribution < 1.29 is 23.5 Å². The van der Waals surface area contributed by atoms with Crippen LogP contribution < -0.4 is 10.1 Å². The van der Waals surface area contributed by atoms with E-state index in [4.69, 9.17) is 9.47 Å². The molecule has 0 saturated carbocycles. The van der Waals surface area contributed by atoms with Gasteiger partial charge < -0.3 is 14.8 Å². The molecule has 0 saturated heterocycles. The number of hydrogen-bond donors (Lipinski definition) is 1. The predicted octanol–water partition coefficient (Wildman–Crippen LogP) is 2.80. The number of ether oxygens (including phenoxy) is 2. The lowest BCUT2D eigenvalue weighted by Gasteiger charge is -2.14. The maximum Gasteiger partial charge on any atom is 0.310 e. The van der Waals surface area contributed by atoms with Gasteiger partial charge in [-0.05, 0) is 42.3 Å². The lowest BCUT2D eigenvalue weighted by molar-refractivity contribution is -0.148. The SMILES string of the molecule is COc1cccc(CC(=O)OCC(=O)N[C@@H](C)c2ccc(F)cc2)c1. The summed E-state index contributed by atoms with van der Waals surface area (Å²) in [7, 11) is 1.55. The first-order valence-electron chi connectivity index (χ1n) is 7.81. The van der Waals surface area contributed by atoms with E-state index >= 15 is 0 Å². The van der Waals surface area contributed by atoms with Gasteiger partial charge in [-0.1, -0.05) is 24.3 Å². The van der Waals surface area contributed by atoms with Crippen LogP contribution in [0, 0.1) is 5.82 Å². The minimum atomic E-state index is -0.502. The maximum atomic E-state index is 12.9. The second-order valence-electron chi connectivity index (χ2n) is 5.53. The van der Waals surface area contributed by atoms with Crippen molar-refractivity contribution in [3.8, 4) is 5.75 Å². The van der Waals surface area contributed by atoms with Gasteiger partial charge in [-0.15, -0.1) is 0 Å². The zero-order chi connectivity index (χ0) is 18.2. The van der Waals surface area contributed by atoms with Crippen molar-refractivity contribution in [3.05, 3.63) is 65.5 Å². The molecule has 6 heteroatoms. The average molecular weight is 345 g/mol. The number of methoxy groups -OCH3 is 1. The van der Waals surface area contributed by atoms with Crippen molar-refractivity contribution in [2.45, 2.75) is 19.4 Å². The van der Waals surface area contributed by atoms with E-state index in [1.807, 2.05) is 0 Å². The third-order valence-corrected chi connectivity index (χ3v) is 3.59. The topological polar surface area (TPSA) is 64.6 Å². The number of nitrogens with one attached hydrogen (secondary N) is 1. The Morgan fingerprint density at radius 1 is 1.16 bits per heavy atom. The molecule has 0 aliphatic rings. The molecule has 0 unspecified atom stereocenters.